The smallest absolute Gasteiger partial charge is 0.234 e. The Labute approximate surface area is 218 Å². The topological polar surface area (TPSA) is 63.7 Å². The molecule has 7 heteroatoms. The lowest BCUT2D eigenvalue weighted by molar-refractivity contribution is -0.122. The number of amides is 1. The maximum absolute atomic E-state index is 14.3. The van der Waals surface area contributed by atoms with E-state index in [1.54, 1.807) is 18.3 Å². The molecule has 1 aromatic heterocycles. The quantitative estimate of drug-likeness (QED) is 0.470. The predicted molar refractivity (Wildman–Crippen MR) is 142 cm³/mol. The summed E-state index contributed by atoms with van der Waals surface area (Å²) in [4.78, 5) is 19.6. The molecule has 4 rings (SSSR count). The Morgan fingerprint density at radius 2 is 1.76 bits per heavy atom. The molecule has 0 spiro atoms. The maximum Gasteiger partial charge on any atom is 0.234 e. The number of rotatable bonds is 5. The van der Waals surface area contributed by atoms with Gasteiger partial charge < -0.3 is 14.8 Å². The molecule has 1 aliphatic heterocycles. The van der Waals surface area contributed by atoms with Crippen LogP contribution in [-0.4, -0.2) is 42.0 Å². The van der Waals surface area contributed by atoms with Gasteiger partial charge in [-0.2, -0.15) is 0 Å². The zero-order valence-electron chi connectivity index (χ0n) is 21.7. The van der Waals surface area contributed by atoms with Gasteiger partial charge in [-0.1, -0.05) is 63.1 Å². The molecule has 1 aliphatic rings. The normalized spacial score (nSPS) is 15.3. The van der Waals surface area contributed by atoms with Crippen LogP contribution in [0.15, 0.2) is 66.9 Å². The molecule has 0 saturated carbocycles. The van der Waals surface area contributed by atoms with E-state index in [-0.39, 0.29) is 18.3 Å². The molecule has 3 aromatic rings. The van der Waals surface area contributed by atoms with Crippen LogP contribution in [0.5, 0.6) is 17.4 Å². The minimum atomic E-state index is -0.528. The summed E-state index contributed by atoms with van der Waals surface area (Å²) < 4.78 is 26.5. The Morgan fingerprint density at radius 1 is 1.00 bits per heavy atom. The van der Waals surface area contributed by atoms with Crippen molar-refractivity contribution in [3.8, 4) is 17.4 Å². The van der Waals surface area contributed by atoms with Crippen LogP contribution in [0, 0.1) is 5.82 Å². The molecule has 0 fully saturated rings. The van der Waals surface area contributed by atoms with Crippen molar-refractivity contribution in [2.24, 2.45) is 0 Å². The summed E-state index contributed by atoms with van der Waals surface area (Å²) in [7, 11) is 0. The maximum atomic E-state index is 14.3. The Kier molecular flexibility index (Phi) is 9.12. The number of pyridine rings is 1. The molecule has 0 saturated heterocycles. The van der Waals surface area contributed by atoms with Crippen LogP contribution < -0.4 is 14.8 Å². The summed E-state index contributed by atoms with van der Waals surface area (Å²) in [5.74, 6) is 1.48. The first kappa shape index (κ1) is 26.6. The molecule has 1 N–H and O–H groups in total. The van der Waals surface area contributed by atoms with Crippen molar-refractivity contribution in [2.45, 2.75) is 51.5 Å². The Morgan fingerprint density at radius 3 is 2.59 bits per heavy atom. The number of hydrogen-bond donors (Lipinski definition) is 1. The van der Waals surface area contributed by atoms with Gasteiger partial charge in [0.2, 0.25) is 11.8 Å². The molecule has 0 unspecified atom stereocenters. The predicted octanol–water partition coefficient (Wildman–Crippen LogP) is 5.86. The second-order valence-electron chi connectivity index (χ2n) is 10.1. The SMILES string of the molecule is CC(C)(CNC(=O)CN1CCCCCCOc2ccccc2Oc2ncccc2C1)c1ccccc1F. The third-order valence-electron chi connectivity index (χ3n) is 6.62. The van der Waals surface area contributed by atoms with Crippen molar-refractivity contribution in [3.05, 3.63) is 83.8 Å². The largest absolute Gasteiger partial charge is 0.490 e. The lowest BCUT2D eigenvalue weighted by Crippen LogP contribution is -2.42. The van der Waals surface area contributed by atoms with E-state index in [4.69, 9.17) is 9.47 Å². The average Bonchev–Trinajstić information content (AvgIpc) is 2.88. The van der Waals surface area contributed by atoms with E-state index >= 15 is 0 Å². The second-order valence-corrected chi connectivity index (χ2v) is 10.1. The van der Waals surface area contributed by atoms with Crippen LogP contribution in [-0.2, 0) is 16.8 Å². The fraction of sp³-hybridized carbons (Fsp3) is 0.400. The molecule has 1 amide bonds. The molecule has 0 atom stereocenters. The van der Waals surface area contributed by atoms with Crippen LogP contribution in [0.2, 0.25) is 0 Å². The van der Waals surface area contributed by atoms with Crippen LogP contribution in [0.3, 0.4) is 0 Å². The van der Waals surface area contributed by atoms with Crippen LogP contribution in [0.25, 0.3) is 0 Å². The molecule has 2 aromatic carbocycles. The van der Waals surface area contributed by atoms with Crippen LogP contribution in [0.4, 0.5) is 4.39 Å². The Bertz CT molecular complexity index is 1180. The molecule has 0 bridgehead atoms. The minimum absolute atomic E-state index is 0.0874. The van der Waals surface area contributed by atoms with Gasteiger partial charge in [-0.25, -0.2) is 9.37 Å². The van der Waals surface area contributed by atoms with Crippen molar-refractivity contribution in [1.29, 1.82) is 0 Å². The third kappa shape index (κ3) is 7.52. The number of ether oxygens (including phenoxy) is 2. The van der Waals surface area contributed by atoms with E-state index in [9.17, 15) is 9.18 Å². The lowest BCUT2D eigenvalue weighted by atomic mass is 9.84. The van der Waals surface area contributed by atoms with E-state index in [0.29, 0.717) is 42.6 Å². The van der Waals surface area contributed by atoms with Crippen molar-refractivity contribution in [2.75, 3.05) is 26.2 Å². The molecule has 6 nitrogen and oxygen atoms in total. The summed E-state index contributed by atoms with van der Waals surface area (Å²) in [6.45, 7) is 6.38. The first-order valence-corrected chi connectivity index (χ1v) is 13.0. The highest BCUT2D eigenvalue weighted by atomic mass is 19.1. The highest BCUT2D eigenvalue weighted by molar-refractivity contribution is 5.78. The summed E-state index contributed by atoms with van der Waals surface area (Å²) in [5, 5.41) is 3.03. The zero-order chi connectivity index (χ0) is 26.1. The zero-order valence-corrected chi connectivity index (χ0v) is 21.7. The number of aromatic nitrogens is 1. The molecule has 196 valence electrons. The highest BCUT2D eigenvalue weighted by Crippen LogP contribution is 2.32. The number of halogens is 1. The minimum Gasteiger partial charge on any atom is -0.490 e. The molecule has 2 heterocycles. The van der Waals surface area contributed by atoms with Gasteiger partial charge in [-0.3, -0.25) is 9.69 Å². The first-order valence-electron chi connectivity index (χ1n) is 13.0. The van der Waals surface area contributed by atoms with Gasteiger partial charge >= 0.3 is 0 Å². The molecular weight excluding hydrogens is 469 g/mol. The number of benzene rings is 2. The number of nitrogens with one attached hydrogen (secondary N) is 1. The van der Waals surface area contributed by atoms with E-state index in [1.807, 2.05) is 56.3 Å². The number of carbonyl (C=O) groups is 1. The number of carbonyl (C=O) groups excluding carboxylic acids is 1. The van der Waals surface area contributed by atoms with Gasteiger partial charge in [0.05, 0.1) is 13.2 Å². The van der Waals surface area contributed by atoms with E-state index < -0.39 is 5.41 Å². The number of fused-ring (bicyclic) bond motifs is 2. The fourth-order valence-electron chi connectivity index (χ4n) is 4.51. The summed E-state index contributed by atoms with van der Waals surface area (Å²) in [5.41, 5.74) is 0.961. The van der Waals surface area contributed by atoms with Gasteiger partial charge in [0.1, 0.15) is 5.82 Å². The second kappa shape index (κ2) is 12.7. The lowest BCUT2D eigenvalue weighted by Gasteiger charge is -2.27. The number of para-hydroxylation sites is 2. The Hall–Kier alpha value is -3.45. The summed E-state index contributed by atoms with van der Waals surface area (Å²) in [6, 6.07) is 18.2. The van der Waals surface area contributed by atoms with Crippen molar-refractivity contribution < 1.29 is 18.7 Å². The van der Waals surface area contributed by atoms with Crippen LogP contribution >= 0.6 is 0 Å². The van der Waals surface area contributed by atoms with Gasteiger partial charge in [0.25, 0.3) is 0 Å². The molecular formula is C30H36FN3O3. The molecule has 0 radical (unpaired) electrons. The standard InChI is InChI=1S/C30H36FN3O3/c1-30(2,24-13-5-6-14-25(24)31)22-33-28(35)21-34-18-9-3-4-10-19-36-26-15-7-8-16-27(26)37-29-23(20-34)12-11-17-32-29/h5-8,11-17H,3-4,9-10,18-22H2,1-2H3,(H,33,35). The Balaban J connectivity index is 1.47. The number of nitrogens with zero attached hydrogens (tertiary/aromatic N) is 2. The van der Waals surface area contributed by atoms with Gasteiger partial charge in [0, 0.05) is 30.3 Å². The highest BCUT2D eigenvalue weighted by Gasteiger charge is 2.25. The monoisotopic (exact) mass is 505 g/mol. The van der Waals surface area contributed by atoms with E-state index in [1.165, 1.54) is 6.07 Å². The van der Waals surface area contributed by atoms with E-state index in [2.05, 4.69) is 15.2 Å². The van der Waals surface area contributed by atoms with Crippen molar-refractivity contribution in [1.82, 2.24) is 15.2 Å². The molecule has 0 aliphatic carbocycles. The van der Waals surface area contributed by atoms with Crippen LogP contribution in [0.1, 0.15) is 50.7 Å². The van der Waals surface area contributed by atoms with E-state index in [0.717, 1.165) is 37.8 Å². The first-order chi connectivity index (χ1) is 17.9. The van der Waals surface area contributed by atoms with Gasteiger partial charge in [-0.05, 0) is 49.2 Å². The third-order valence-corrected chi connectivity index (χ3v) is 6.62. The fourth-order valence-corrected chi connectivity index (χ4v) is 4.51. The van der Waals surface area contributed by atoms with Crippen molar-refractivity contribution in [3.63, 3.8) is 0 Å². The average molecular weight is 506 g/mol. The van der Waals surface area contributed by atoms with Crippen molar-refractivity contribution >= 4 is 5.91 Å². The summed E-state index contributed by atoms with van der Waals surface area (Å²) >= 11 is 0. The van der Waals surface area contributed by atoms with Gasteiger partial charge in [-0.15, -0.1) is 0 Å². The van der Waals surface area contributed by atoms with Gasteiger partial charge in [0.15, 0.2) is 11.5 Å². The molecule has 37 heavy (non-hydrogen) atoms. The number of hydrogen-bond acceptors (Lipinski definition) is 5. The summed E-state index contributed by atoms with van der Waals surface area (Å²) in [6.07, 6.45) is 5.74.